The molecule has 0 saturated heterocycles. The quantitative estimate of drug-likeness (QED) is 0.0451. The molecular weight excluding hydrogens is 939 g/mol. The summed E-state index contributed by atoms with van der Waals surface area (Å²) in [5.74, 6) is -2.51. The third kappa shape index (κ3) is 10.2. The zero-order valence-electron chi connectivity index (χ0n) is 31.5. The second-order valence-electron chi connectivity index (χ2n) is 12.8. The van der Waals surface area contributed by atoms with Gasteiger partial charge in [-0.15, -0.1) is 20.5 Å². The molecule has 0 fully saturated rings. The molecule has 29 heteroatoms. The Morgan fingerprint density at radius 3 is 1.57 bits per heavy atom. The maximum atomic E-state index is 12.5. The first-order valence-corrected chi connectivity index (χ1v) is 24.3. The van der Waals surface area contributed by atoms with Crippen molar-refractivity contribution in [2.75, 3.05) is 18.1 Å². The van der Waals surface area contributed by atoms with Crippen molar-refractivity contribution in [3.05, 3.63) is 84.9 Å². The smallest absolute Gasteiger partial charge is 0.296 e. The molecule has 0 atom stereocenters. The van der Waals surface area contributed by atoms with E-state index in [9.17, 15) is 70.5 Å². The average molecular weight is 966 g/mol. The number of aromatic hydroxyl groups is 2. The number of azo groups is 3. The van der Waals surface area contributed by atoms with Crippen molar-refractivity contribution < 1.29 is 75.2 Å². The minimum Gasteiger partial charge on any atom is -0.505 e. The summed E-state index contributed by atoms with van der Waals surface area (Å²) in [6, 6.07) is 15.5. The SMILES string of the molecule is COc1cc(N=Nc2ccc3c(S(=O)(=O)O)cc(S(=O)(=O)O)cc3c2)ccc1N=Nc1c(S(=O)(=O)O)cc2cc(S(=O)(=O)O)c(N=Nc3ccccc3NS(C)(=O)=O)c(O)c2c1O. The maximum absolute atomic E-state index is 12.5. The van der Waals surface area contributed by atoms with Crippen LogP contribution in [0.1, 0.15) is 0 Å². The van der Waals surface area contributed by atoms with Gasteiger partial charge in [0.05, 0.1) is 40.7 Å². The molecule has 63 heavy (non-hydrogen) atoms. The Kier molecular flexibility index (Phi) is 12.1. The molecule has 0 saturated carbocycles. The fourth-order valence-corrected chi connectivity index (χ4v) is 8.99. The van der Waals surface area contributed by atoms with E-state index >= 15 is 0 Å². The summed E-state index contributed by atoms with van der Waals surface area (Å²) in [4.78, 5) is -3.93. The number of hydrogen-bond acceptors (Lipinski definition) is 19. The van der Waals surface area contributed by atoms with Crippen molar-refractivity contribution in [3.63, 3.8) is 0 Å². The van der Waals surface area contributed by atoms with Crippen LogP contribution in [0.3, 0.4) is 0 Å². The number of ether oxygens (including phenoxy) is 1. The van der Waals surface area contributed by atoms with E-state index < -0.39 is 104 Å². The zero-order valence-corrected chi connectivity index (χ0v) is 35.6. The zero-order chi connectivity index (χ0) is 46.4. The van der Waals surface area contributed by atoms with Crippen LogP contribution in [0.5, 0.6) is 17.2 Å². The van der Waals surface area contributed by atoms with E-state index in [4.69, 9.17) is 4.74 Å². The molecule has 0 heterocycles. The molecule has 330 valence electrons. The molecular formula is C34H27N7O17S5. The van der Waals surface area contributed by atoms with Gasteiger partial charge < -0.3 is 14.9 Å². The number of phenolic OH excluding ortho intramolecular Hbond substituents is 2. The van der Waals surface area contributed by atoms with Gasteiger partial charge in [-0.05, 0) is 71.4 Å². The monoisotopic (exact) mass is 965 g/mol. The Morgan fingerprint density at radius 2 is 1.05 bits per heavy atom. The van der Waals surface area contributed by atoms with E-state index in [1.165, 1.54) is 67.8 Å². The minimum absolute atomic E-state index is 0.0360. The highest BCUT2D eigenvalue weighted by Crippen LogP contribution is 2.50. The van der Waals surface area contributed by atoms with Gasteiger partial charge in [0.15, 0.2) is 11.5 Å². The van der Waals surface area contributed by atoms with E-state index in [0.717, 1.165) is 12.3 Å². The van der Waals surface area contributed by atoms with Crippen LogP contribution in [0, 0.1) is 0 Å². The number of sulfonamides is 1. The topological polar surface area (TPSA) is 388 Å². The van der Waals surface area contributed by atoms with Crippen LogP contribution in [0.2, 0.25) is 0 Å². The van der Waals surface area contributed by atoms with Gasteiger partial charge in [0.25, 0.3) is 40.5 Å². The normalized spacial score (nSPS) is 13.2. The van der Waals surface area contributed by atoms with Crippen molar-refractivity contribution >= 4 is 112 Å². The van der Waals surface area contributed by atoms with Gasteiger partial charge in [-0.2, -0.15) is 43.9 Å². The summed E-state index contributed by atoms with van der Waals surface area (Å²) in [6.45, 7) is 0. The van der Waals surface area contributed by atoms with Gasteiger partial charge in [0.1, 0.15) is 43.2 Å². The Hall–Kier alpha value is -6.57. The van der Waals surface area contributed by atoms with Crippen molar-refractivity contribution in [3.8, 4) is 17.2 Å². The average Bonchev–Trinajstić information content (AvgIpc) is 3.17. The molecule has 24 nitrogen and oxygen atoms in total. The van der Waals surface area contributed by atoms with Crippen molar-refractivity contribution in [1.29, 1.82) is 0 Å². The number of benzene rings is 6. The van der Waals surface area contributed by atoms with E-state index in [1.807, 2.05) is 0 Å². The lowest BCUT2D eigenvalue weighted by Crippen LogP contribution is -2.09. The molecule has 7 N–H and O–H groups in total. The number of nitrogens with one attached hydrogen (secondary N) is 1. The van der Waals surface area contributed by atoms with Gasteiger partial charge in [0, 0.05) is 11.5 Å². The highest BCUT2D eigenvalue weighted by atomic mass is 32.2. The van der Waals surface area contributed by atoms with Crippen molar-refractivity contribution in [1.82, 2.24) is 0 Å². The highest BCUT2D eigenvalue weighted by molar-refractivity contribution is 7.92. The molecule has 0 aliphatic rings. The third-order valence-electron chi connectivity index (χ3n) is 8.41. The molecule has 0 aliphatic carbocycles. The molecule has 0 radical (unpaired) electrons. The van der Waals surface area contributed by atoms with Gasteiger partial charge in [-0.3, -0.25) is 22.9 Å². The van der Waals surface area contributed by atoms with Gasteiger partial charge in [-0.25, -0.2) is 8.42 Å². The largest absolute Gasteiger partial charge is 0.505 e. The molecule has 0 spiro atoms. The number of hydrogen-bond donors (Lipinski definition) is 7. The molecule has 6 aromatic rings. The Labute approximate surface area is 356 Å². The van der Waals surface area contributed by atoms with Crippen LogP contribution in [0.4, 0.5) is 39.8 Å². The molecule has 0 aromatic heterocycles. The second-order valence-corrected chi connectivity index (χ2v) is 20.2. The number of fused-ring (bicyclic) bond motifs is 2. The minimum atomic E-state index is -5.33. The first-order chi connectivity index (χ1) is 29.2. The summed E-state index contributed by atoms with van der Waals surface area (Å²) in [7, 11) is -23.2. The molecule has 0 unspecified atom stereocenters. The predicted molar refractivity (Wildman–Crippen MR) is 221 cm³/mol. The van der Waals surface area contributed by atoms with Crippen LogP contribution >= 0.6 is 0 Å². The number of phenols is 2. The number of para-hydroxylation sites is 1. The Morgan fingerprint density at radius 1 is 0.524 bits per heavy atom. The summed E-state index contributed by atoms with van der Waals surface area (Å²) in [6.07, 6.45) is 0.838. The predicted octanol–water partition coefficient (Wildman–Crippen LogP) is 7.02. The van der Waals surface area contributed by atoms with E-state index in [-0.39, 0.29) is 45.0 Å². The second kappa shape index (κ2) is 16.6. The Bertz CT molecular complexity index is 3580. The molecule has 0 amide bonds. The van der Waals surface area contributed by atoms with Gasteiger partial charge in [-0.1, -0.05) is 18.2 Å². The lowest BCUT2D eigenvalue weighted by atomic mass is 10.1. The molecule has 0 bridgehead atoms. The lowest BCUT2D eigenvalue weighted by Gasteiger charge is -2.13. The fraction of sp³-hybridized carbons (Fsp3) is 0.0588. The van der Waals surface area contributed by atoms with Gasteiger partial charge in [0.2, 0.25) is 10.0 Å². The molecule has 0 aliphatic heterocycles. The molecule has 6 rings (SSSR count). The Balaban J connectivity index is 1.42. The van der Waals surface area contributed by atoms with Crippen molar-refractivity contribution in [2.24, 2.45) is 30.7 Å². The summed E-state index contributed by atoms with van der Waals surface area (Å²) in [5.41, 5.74) is -2.39. The van der Waals surface area contributed by atoms with Crippen LogP contribution in [0.25, 0.3) is 21.5 Å². The molecule has 6 aromatic carbocycles. The van der Waals surface area contributed by atoms with E-state index in [1.54, 1.807) is 0 Å². The third-order valence-corrected chi connectivity index (χ3v) is 12.5. The summed E-state index contributed by atoms with van der Waals surface area (Å²) in [5, 5.41) is 44.4. The number of rotatable bonds is 13. The number of nitrogens with zero attached hydrogens (tertiary/aromatic N) is 6. The van der Waals surface area contributed by atoms with Crippen LogP contribution < -0.4 is 9.46 Å². The van der Waals surface area contributed by atoms with Gasteiger partial charge >= 0.3 is 0 Å². The first-order valence-electron chi connectivity index (χ1n) is 16.7. The standard InChI is InChI=1S/C34H27N7O17S5/c1-58-26-15-20(36-35-19-7-9-22-17(11-19)12-21(60(46,47)48)16-27(22)61(49,50)51)8-10-25(26)38-40-32-29(63(55,56)57)14-18-13-28(62(52,53)54)31(33(42)30(18)34(32)43)39-37-23-5-3-4-6-24(23)41-59(2,44)45/h3-16,41-43H,1-2H3,(H,46,47,48)(H,49,50,51)(H,52,53,54)(H,55,56,57). The lowest BCUT2D eigenvalue weighted by molar-refractivity contribution is 0.416. The highest BCUT2D eigenvalue weighted by Gasteiger charge is 2.29. The van der Waals surface area contributed by atoms with Crippen LogP contribution in [-0.4, -0.2) is 83.9 Å². The first kappa shape index (κ1) is 45.9. The van der Waals surface area contributed by atoms with Crippen LogP contribution in [-0.2, 0) is 50.5 Å². The number of methoxy groups -OCH3 is 1. The van der Waals surface area contributed by atoms with E-state index in [2.05, 4.69) is 35.4 Å². The van der Waals surface area contributed by atoms with E-state index in [0.29, 0.717) is 18.2 Å². The van der Waals surface area contributed by atoms with Crippen LogP contribution in [0.15, 0.2) is 135 Å². The van der Waals surface area contributed by atoms with Crippen molar-refractivity contribution in [2.45, 2.75) is 19.6 Å². The number of anilines is 1. The fourth-order valence-electron chi connectivity index (χ4n) is 5.75. The maximum Gasteiger partial charge on any atom is 0.296 e. The summed E-state index contributed by atoms with van der Waals surface area (Å²) >= 11 is 0. The summed E-state index contributed by atoms with van der Waals surface area (Å²) < 4.78 is 168.